The monoisotopic (exact) mass is 545 g/mol. The number of hydrogen-bond donors (Lipinski definition) is 1. The molecule has 2 aromatic heterocycles. The lowest BCUT2D eigenvalue weighted by atomic mass is 9.80. The van der Waals surface area contributed by atoms with E-state index in [4.69, 9.17) is 28.2 Å². The van der Waals surface area contributed by atoms with Gasteiger partial charge >= 0.3 is 0 Å². The van der Waals surface area contributed by atoms with E-state index >= 15 is 0 Å². The van der Waals surface area contributed by atoms with E-state index in [0.717, 1.165) is 44.1 Å². The molecule has 0 aliphatic carbocycles. The first-order valence-corrected chi connectivity index (χ1v) is 13.5. The minimum atomic E-state index is -0.288. The highest BCUT2D eigenvalue weighted by molar-refractivity contribution is 6.35. The van der Waals surface area contributed by atoms with Gasteiger partial charge in [-0.2, -0.15) is 5.10 Å². The largest absolute Gasteiger partial charge is 0.395 e. The number of carbonyl (C=O) groups is 1. The Balaban J connectivity index is 1.43. The van der Waals surface area contributed by atoms with Crippen LogP contribution >= 0.6 is 23.2 Å². The molecular formula is C26H33Cl2N7O2. The van der Waals surface area contributed by atoms with Crippen molar-refractivity contribution in [2.45, 2.75) is 25.8 Å². The third-order valence-corrected chi connectivity index (χ3v) is 8.20. The fourth-order valence-electron chi connectivity index (χ4n) is 5.47. The molecule has 11 heteroatoms. The van der Waals surface area contributed by atoms with Crippen LogP contribution in [0.5, 0.6) is 0 Å². The average Bonchev–Trinajstić information content (AvgIpc) is 3.21. The van der Waals surface area contributed by atoms with E-state index in [1.165, 1.54) is 17.7 Å². The Morgan fingerprint density at radius 2 is 2.00 bits per heavy atom. The average molecular weight is 547 g/mol. The number of rotatable bonds is 7. The van der Waals surface area contributed by atoms with Crippen LogP contribution < -0.4 is 4.90 Å². The summed E-state index contributed by atoms with van der Waals surface area (Å²) < 4.78 is 1.74. The summed E-state index contributed by atoms with van der Waals surface area (Å²) in [5.41, 5.74) is 2.13. The molecule has 198 valence electrons. The molecule has 3 aromatic rings. The number of aliphatic hydroxyl groups excluding tert-OH is 1. The molecule has 4 heterocycles. The number of aromatic nitrogens is 4. The maximum absolute atomic E-state index is 12.9. The van der Waals surface area contributed by atoms with Gasteiger partial charge in [0.1, 0.15) is 11.3 Å². The minimum absolute atomic E-state index is 0.213. The fourth-order valence-corrected chi connectivity index (χ4v) is 6.03. The topological polar surface area (TPSA) is 90.6 Å². The molecule has 0 saturated carbocycles. The number of likely N-dealkylation sites (tertiary alicyclic amines) is 1. The summed E-state index contributed by atoms with van der Waals surface area (Å²) >= 11 is 12.6. The standard InChI is InChI=1S/C26H33Cl2N7O2/c1-16(20-7-6-19(27)11-21(20)28)35-25-23(24(31-35)26(37)32(2)3)29-12-22(30-25)34-14-18(15-34)17-5-4-8-33(13-17)9-10-36/h6-7,11-12,16-18,36H,4-5,8-10,13-15H2,1-3H3/t16-,17+/m1/s1. The third kappa shape index (κ3) is 5.14. The number of aliphatic hydroxyl groups is 1. The van der Waals surface area contributed by atoms with Crippen molar-refractivity contribution in [1.82, 2.24) is 29.5 Å². The predicted octanol–water partition coefficient (Wildman–Crippen LogP) is 3.58. The summed E-state index contributed by atoms with van der Waals surface area (Å²) in [5.74, 6) is 1.79. The van der Waals surface area contributed by atoms with E-state index in [-0.39, 0.29) is 24.2 Å². The minimum Gasteiger partial charge on any atom is -0.395 e. The van der Waals surface area contributed by atoms with Crippen LogP contribution in [-0.2, 0) is 0 Å². The first-order chi connectivity index (χ1) is 17.8. The van der Waals surface area contributed by atoms with Gasteiger partial charge in [0.05, 0.1) is 18.8 Å². The van der Waals surface area contributed by atoms with Gasteiger partial charge in [-0.05, 0) is 55.8 Å². The molecule has 2 aliphatic heterocycles. The van der Waals surface area contributed by atoms with Crippen LogP contribution in [0.15, 0.2) is 24.4 Å². The molecule has 0 bridgehead atoms. The highest BCUT2D eigenvalue weighted by atomic mass is 35.5. The zero-order valence-electron chi connectivity index (χ0n) is 21.4. The van der Waals surface area contributed by atoms with Crippen molar-refractivity contribution in [3.05, 3.63) is 45.7 Å². The van der Waals surface area contributed by atoms with Gasteiger partial charge in [-0.1, -0.05) is 29.3 Å². The summed E-state index contributed by atoms with van der Waals surface area (Å²) in [7, 11) is 3.39. The normalized spacial score (nSPS) is 19.7. The Morgan fingerprint density at radius 3 is 2.70 bits per heavy atom. The number of piperidine rings is 1. The molecule has 5 rings (SSSR count). The van der Waals surface area contributed by atoms with Gasteiger partial charge in [-0.3, -0.25) is 4.79 Å². The lowest BCUT2D eigenvalue weighted by molar-refractivity contribution is 0.0822. The molecule has 9 nitrogen and oxygen atoms in total. The van der Waals surface area contributed by atoms with Gasteiger partial charge < -0.3 is 19.8 Å². The third-order valence-electron chi connectivity index (χ3n) is 7.64. The van der Waals surface area contributed by atoms with E-state index < -0.39 is 0 Å². The Kier molecular flexibility index (Phi) is 7.58. The first-order valence-electron chi connectivity index (χ1n) is 12.8. The number of halogens is 2. The van der Waals surface area contributed by atoms with Crippen molar-refractivity contribution in [2.75, 3.05) is 58.3 Å². The molecule has 1 amide bonds. The SMILES string of the molecule is C[C@H](c1ccc(Cl)cc1Cl)n1nc(C(=O)N(C)C)c2ncc(N3CC([C@H]4CCCN(CCO)C4)C3)nc21. The number of amides is 1. The highest BCUT2D eigenvalue weighted by Crippen LogP contribution is 2.35. The highest BCUT2D eigenvalue weighted by Gasteiger charge is 2.37. The van der Waals surface area contributed by atoms with E-state index in [0.29, 0.717) is 33.0 Å². The Bertz CT molecular complexity index is 1290. The molecule has 2 atom stereocenters. The summed E-state index contributed by atoms with van der Waals surface area (Å²) in [5, 5.41) is 15.1. The summed E-state index contributed by atoms with van der Waals surface area (Å²) in [6.07, 6.45) is 4.16. The second-order valence-corrected chi connectivity index (χ2v) is 11.2. The lowest BCUT2D eigenvalue weighted by Crippen LogP contribution is -2.54. The van der Waals surface area contributed by atoms with Crippen LogP contribution in [0.4, 0.5) is 5.82 Å². The van der Waals surface area contributed by atoms with Crippen molar-refractivity contribution < 1.29 is 9.90 Å². The van der Waals surface area contributed by atoms with Gasteiger partial charge in [0.2, 0.25) is 0 Å². The quantitative estimate of drug-likeness (QED) is 0.485. The zero-order valence-corrected chi connectivity index (χ0v) is 23.0. The van der Waals surface area contributed by atoms with E-state index in [1.807, 2.05) is 13.0 Å². The van der Waals surface area contributed by atoms with E-state index in [1.54, 1.807) is 37.1 Å². The molecular weight excluding hydrogens is 513 g/mol. The molecule has 37 heavy (non-hydrogen) atoms. The van der Waals surface area contributed by atoms with Crippen molar-refractivity contribution in [1.29, 1.82) is 0 Å². The van der Waals surface area contributed by atoms with E-state index in [2.05, 4.69) is 19.9 Å². The maximum atomic E-state index is 12.9. The Labute approximate surface area is 227 Å². The number of hydrogen-bond acceptors (Lipinski definition) is 7. The summed E-state index contributed by atoms with van der Waals surface area (Å²) in [6.45, 7) is 6.91. The number of anilines is 1. The molecule has 2 aliphatic rings. The van der Waals surface area contributed by atoms with Crippen LogP contribution in [-0.4, -0.2) is 94.0 Å². The number of β-amino-alcohol motifs (C(OH)–C–C–N with tert-alkyl or cyclic N) is 1. The molecule has 2 fully saturated rings. The fraction of sp³-hybridized carbons (Fsp3) is 0.538. The summed E-state index contributed by atoms with van der Waals surface area (Å²) in [4.78, 5) is 28.7. The Morgan fingerprint density at radius 1 is 1.22 bits per heavy atom. The van der Waals surface area contributed by atoms with Crippen molar-refractivity contribution in [2.24, 2.45) is 11.8 Å². The molecule has 1 aromatic carbocycles. The zero-order chi connectivity index (χ0) is 26.3. The van der Waals surface area contributed by atoms with Crippen molar-refractivity contribution in [3.63, 3.8) is 0 Å². The smallest absolute Gasteiger partial charge is 0.276 e. The molecule has 0 radical (unpaired) electrons. The predicted molar refractivity (Wildman–Crippen MR) is 146 cm³/mol. The second kappa shape index (κ2) is 10.7. The van der Waals surface area contributed by atoms with Crippen LogP contribution in [0, 0.1) is 11.8 Å². The summed E-state index contributed by atoms with van der Waals surface area (Å²) in [6, 6.07) is 5.08. The first kappa shape index (κ1) is 26.2. The van der Waals surface area contributed by atoms with Crippen LogP contribution in [0.25, 0.3) is 11.2 Å². The molecule has 1 N–H and O–H groups in total. The molecule has 0 spiro atoms. The number of carbonyl (C=O) groups excluding carboxylic acids is 1. The van der Waals surface area contributed by atoms with E-state index in [9.17, 15) is 9.90 Å². The number of benzene rings is 1. The maximum Gasteiger partial charge on any atom is 0.276 e. The molecule has 0 unspecified atom stereocenters. The van der Waals surface area contributed by atoms with Crippen LogP contribution in [0.3, 0.4) is 0 Å². The van der Waals surface area contributed by atoms with Crippen LogP contribution in [0.2, 0.25) is 10.0 Å². The second-order valence-electron chi connectivity index (χ2n) is 10.3. The number of fused-ring (bicyclic) bond motifs is 1. The lowest BCUT2D eigenvalue weighted by Gasteiger charge is -2.47. The molecule has 2 saturated heterocycles. The Hall–Kier alpha value is -2.46. The van der Waals surface area contributed by atoms with Gasteiger partial charge in [-0.15, -0.1) is 0 Å². The van der Waals surface area contributed by atoms with Gasteiger partial charge in [-0.25, -0.2) is 14.6 Å². The van der Waals surface area contributed by atoms with Crippen LogP contribution in [0.1, 0.15) is 41.9 Å². The van der Waals surface area contributed by atoms with Gasteiger partial charge in [0.15, 0.2) is 11.3 Å². The van der Waals surface area contributed by atoms with Crippen molar-refractivity contribution in [3.8, 4) is 0 Å². The van der Waals surface area contributed by atoms with Gasteiger partial charge in [0.25, 0.3) is 5.91 Å². The number of nitrogens with zero attached hydrogens (tertiary/aromatic N) is 7. The van der Waals surface area contributed by atoms with Crippen molar-refractivity contribution >= 4 is 46.1 Å². The van der Waals surface area contributed by atoms with Gasteiger partial charge in [0, 0.05) is 50.3 Å².